The van der Waals surface area contributed by atoms with Crippen LogP contribution >= 0.6 is 15.9 Å². The molecule has 16 heavy (non-hydrogen) atoms. The zero-order valence-corrected chi connectivity index (χ0v) is 10.5. The molecule has 0 aromatic heterocycles. The van der Waals surface area contributed by atoms with E-state index < -0.39 is 5.97 Å². The molecule has 0 radical (unpaired) electrons. The molecule has 1 N–H and O–H groups in total. The Hall–Kier alpha value is -1.34. The lowest BCUT2D eigenvalue weighted by atomic mass is 9.95. The summed E-state index contributed by atoms with van der Waals surface area (Å²) in [6.07, 6.45) is 0.646. The van der Waals surface area contributed by atoms with Crippen molar-refractivity contribution >= 4 is 21.9 Å². The van der Waals surface area contributed by atoms with Crippen LogP contribution in [0.3, 0.4) is 0 Å². The van der Waals surface area contributed by atoms with Crippen LogP contribution in [0.5, 0.6) is 0 Å². The van der Waals surface area contributed by atoms with Gasteiger partial charge in [0.25, 0.3) is 0 Å². The van der Waals surface area contributed by atoms with Gasteiger partial charge in [-0.15, -0.1) is 0 Å². The second-order valence-corrected chi connectivity index (χ2v) is 4.01. The summed E-state index contributed by atoms with van der Waals surface area (Å²) < 4.78 is 0. The number of hydrogen-bond acceptors (Lipinski definition) is 2. The van der Waals surface area contributed by atoms with Crippen LogP contribution < -0.4 is 0 Å². The number of rotatable bonds is 4. The second kappa shape index (κ2) is 5.66. The van der Waals surface area contributed by atoms with E-state index in [1.807, 2.05) is 13.0 Å². The Balaban J connectivity index is 3.32. The number of nitriles is 1. The maximum absolute atomic E-state index is 10.7. The fraction of sp³-hybridized carbons (Fsp3) is 0.333. The summed E-state index contributed by atoms with van der Waals surface area (Å²) in [7, 11) is 0. The van der Waals surface area contributed by atoms with Crippen molar-refractivity contribution in [3.05, 3.63) is 34.4 Å². The molecule has 0 spiro atoms. The first kappa shape index (κ1) is 12.7. The minimum Gasteiger partial charge on any atom is -0.481 e. The van der Waals surface area contributed by atoms with Gasteiger partial charge in [-0.05, 0) is 29.2 Å². The molecule has 0 amide bonds. The third-order valence-corrected chi connectivity index (χ3v) is 3.03. The summed E-state index contributed by atoms with van der Waals surface area (Å²) in [5.41, 5.74) is 3.05. The first-order valence-electron chi connectivity index (χ1n) is 4.94. The standard InChI is InChI=1S/C12H12BrNO2/c1-2-9-3-8(6-13)4-10(7-14)11(9)5-12(15)16/h3-4H,2,5-6H2,1H3,(H,15,16). The summed E-state index contributed by atoms with van der Waals surface area (Å²) >= 11 is 3.33. The summed E-state index contributed by atoms with van der Waals surface area (Å²) in [5, 5.41) is 18.5. The highest BCUT2D eigenvalue weighted by atomic mass is 79.9. The second-order valence-electron chi connectivity index (χ2n) is 3.45. The third-order valence-electron chi connectivity index (χ3n) is 2.39. The zero-order chi connectivity index (χ0) is 12.1. The highest BCUT2D eigenvalue weighted by Gasteiger charge is 2.12. The molecule has 0 heterocycles. The molecule has 0 saturated carbocycles. The lowest BCUT2D eigenvalue weighted by Crippen LogP contribution is -2.06. The largest absolute Gasteiger partial charge is 0.481 e. The minimum absolute atomic E-state index is 0.0887. The Morgan fingerprint density at radius 3 is 2.69 bits per heavy atom. The molecule has 0 unspecified atom stereocenters. The van der Waals surface area contributed by atoms with E-state index in [0.29, 0.717) is 16.5 Å². The number of halogens is 1. The number of carboxylic acids is 1. The Labute approximate surface area is 103 Å². The van der Waals surface area contributed by atoms with Crippen molar-refractivity contribution in [2.24, 2.45) is 0 Å². The summed E-state index contributed by atoms with van der Waals surface area (Å²) in [6.45, 7) is 1.96. The average Bonchev–Trinajstić information content (AvgIpc) is 2.28. The van der Waals surface area contributed by atoms with Crippen molar-refractivity contribution in [3.63, 3.8) is 0 Å². The summed E-state index contributed by atoms with van der Waals surface area (Å²) in [6, 6.07) is 5.76. The van der Waals surface area contributed by atoms with E-state index in [2.05, 4.69) is 22.0 Å². The summed E-state index contributed by atoms with van der Waals surface area (Å²) in [4.78, 5) is 10.7. The van der Waals surface area contributed by atoms with E-state index in [1.165, 1.54) is 0 Å². The molecule has 1 aromatic rings. The number of hydrogen-bond donors (Lipinski definition) is 1. The smallest absolute Gasteiger partial charge is 0.307 e. The number of nitrogens with zero attached hydrogens (tertiary/aromatic N) is 1. The van der Waals surface area contributed by atoms with Crippen LogP contribution in [0.4, 0.5) is 0 Å². The molecule has 0 fully saturated rings. The molecule has 0 bridgehead atoms. The van der Waals surface area contributed by atoms with Crippen LogP contribution in [0.15, 0.2) is 12.1 Å². The van der Waals surface area contributed by atoms with Crippen LogP contribution in [0, 0.1) is 11.3 Å². The molecule has 0 aliphatic heterocycles. The molecular formula is C12H12BrNO2. The molecule has 1 rings (SSSR count). The van der Waals surface area contributed by atoms with Gasteiger partial charge in [0.1, 0.15) is 0 Å². The van der Waals surface area contributed by atoms with Gasteiger partial charge in [-0.3, -0.25) is 4.79 Å². The fourth-order valence-electron chi connectivity index (χ4n) is 1.65. The van der Waals surface area contributed by atoms with Crippen molar-refractivity contribution < 1.29 is 9.90 Å². The fourth-order valence-corrected chi connectivity index (χ4v) is 1.97. The molecule has 0 saturated heterocycles. The predicted octanol–water partition coefficient (Wildman–Crippen LogP) is 2.64. The maximum atomic E-state index is 10.7. The van der Waals surface area contributed by atoms with E-state index in [-0.39, 0.29) is 6.42 Å². The topological polar surface area (TPSA) is 61.1 Å². The molecule has 3 nitrogen and oxygen atoms in total. The first-order valence-corrected chi connectivity index (χ1v) is 6.07. The van der Waals surface area contributed by atoms with E-state index in [4.69, 9.17) is 10.4 Å². The molecule has 0 aliphatic rings. The lowest BCUT2D eigenvalue weighted by molar-refractivity contribution is -0.136. The normalized spacial score (nSPS) is 9.81. The quantitative estimate of drug-likeness (QED) is 0.863. The third kappa shape index (κ3) is 2.83. The summed E-state index contributed by atoms with van der Waals surface area (Å²) in [5.74, 6) is -0.905. The Morgan fingerprint density at radius 1 is 1.56 bits per heavy atom. The van der Waals surface area contributed by atoms with Gasteiger partial charge >= 0.3 is 5.97 Å². The van der Waals surface area contributed by atoms with Crippen LogP contribution in [0.25, 0.3) is 0 Å². The maximum Gasteiger partial charge on any atom is 0.307 e. The SMILES string of the molecule is CCc1cc(CBr)cc(C#N)c1CC(=O)O. The van der Waals surface area contributed by atoms with Crippen LogP contribution in [-0.2, 0) is 23.0 Å². The minimum atomic E-state index is -0.905. The number of aliphatic carboxylic acids is 1. The highest BCUT2D eigenvalue weighted by molar-refractivity contribution is 9.08. The van der Waals surface area contributed by atoms with Crippen molar-refractivity contribution in [1.29, 1.82) is 5.26 Å². The predicted molar refractivity (Wildman–Crippen MR) is 64.5 cm³/mol. The monoisotopic (exact) mass is 281 g/mol. The molecule has 0 atom stereocenters. The Morgan fingerprint density at radius 2 is 2.25 bits per heavy atom. The van der Waals surface area contributed by atoms with Gasteiger partial charge in [-0.1, -0.05) is 28.9 Å². The Kier molecular flexibility index (Phi) is 4.51. The van der Waals surface area contributed by atoms with Gasteiger partial charge in [0.05, 0.1) is 18.1 Å². The van der Waals surface area contributed by atoms with Gasteiger partial charge in [0, 0.05) is 5.33 Å². The van der Waals surface area contributed by atoms with Crippen LogP contribution in [0.2, 0.25) is 0 Å². The Bertz CT molecular complexity index is 449. The average molecular weight is 282 g/mol. The highest BCUT2D eigenvalue weighted by Crippen LogP contribution is 2.20. The molecule has 4 heteroatoms. The van der Waals surface area contributed by atoms with Gasteiger partial charge in [-0.25, -0.2) is 0 Å². The van der Waals surface area contributed by atoms with Crippen molar-refractivity contribution in [2.45, 2.75) is 25.1 Å². The zero-order valence-electron chi connectivity index (χ0n) is 8.96. The molecule has 84 valence electrons. The number of benzene rings is 1. The van der Waals surface area contributed by atoms with Crippen molar-refractivity contribution in [3.8, 4) is 6.07 Å². The van der Waals surface area contributed by atoms with Crippen LogP contribution in [0.1, 0.15) is 29.2 Å². The van der Waals surface area contributed by atoms with E-state index >= 15 is 0 Å². The van der Waals surface area contributed by atoms with Crippen LogP contribution in [-0.4, -0.2) is 11.1 Å². The van der Waals surface area contributed by atoms with Gasteiger partial charge in [-0.2, -0.15) is 5.26 Å². The first-order chi connectivity index (χ1) is 7.62. The van der Waals surface area contributed by atoms with E-state index in [9.17, 15) is 4.79 Å². The molecule has 1 aromatic carbocycles. The van der Waals surface area contributed by atoms with Crippen molar-refractivity contribution in [2.75, 3.05) is 0 Å². The number of aryl methyl sites for hydroxylation is 1. The number of carbonyl (C=O) groups is 1. The van der Waals surface area contributed by atoms with Gasteiger partial charge in [0.15, 0.2) is 0 Å². The van der Waals surface area contributed by atoms with Crippen molar-refractivity contribution in [1.82, 2.24) is 0 Å². The number of carboxylic acid groups (broad SMARTS) is 1. The molecular weight excluding hydrogens is 270 g/mol. The lowest BCUT2D eigenvalue weighted by Gasteiger charge is -2.10. The van der Waals surface area contributed by atoms with Gasteiger partial charge < -0.3 is 5.11 Å². The van der Waals surface area contributed by atoms with E-state index in [1.54, 1.807) is 6.07 Å². The van der Waals surface area contributed by atoms with E-state index in [0.717, 1.165) is 17.5 Å². The van der Waals surface area contributed by atoms with Gasteiger partial charge in [0.2, 0.25) is 0 Å². The molecule has 0 aliphatic carbocycles. The number of alkyl halides is 1.